The van der Waals surface area contributed by atoms with E-state index in [-0.39, 0.29) is 0 Å². The van der Waals surface area contributed by atoms with Gasteiger partial charge in [-0.3, -0.25) is 0 Å². The van der Waals surface area contributed by atoms with Crippen molar-refractivity contribution in [2.45, 2.75) is 5.85 Å². The molecule has 25 heavy (non-hydrogen) atoms. The van der Waals surface area contributed by atoms with Gasteiger partial charge < -0.3 is 0 Å². The van der Waals surface area contributed by atoms with Crippen LogP contribution in [0.4, 0.5) is 0 Å². The van der Waals surface area contributed by atoms with Gasteiger partial charge in [0.25, 0.3) is 0 Å². The van der Waals surface area contributed by atoms with Crippen LogP contribution in [0.15, 0.2) is 91.0 Å². The molecule has 0 amide bonds. The number of rotatable bonds is 5. The van der Waals surface area contributed by atoms with Crippen LogP contribution in [0, 0.1) is 0 Å². The van der Waals surface area contributed by atoms with Crippen molar-refractivity contribution in [1.29, 1.82) is 0 Å². The minimum atomic E-state index is -3.03. The summed E-state index contributed by atoms with van der Waals surface area (Å²) in [5, 5.41) is 14.1. The van der Waals surface area contributed by atoms with E-state index < -0.39 is 19.1 Å². The number of hydrogen-bond acceptors (Lipinski definition) is 3. The number of carbonyl (C=O) groups excluding carboxylic acids is 1. The maximum atomic E-state index is 12.4. The van der Waals surface area contributed by atoms with Gasteiger partial charge in [0, 0.05) is 0 Å². The predicted octanol–water partition coefficient (Wildman–Crippen LogP) is 2.20. The van der Waals surface area contributed by atoms with E-state index in [9.17, 15) is 9.90 Å². The van der Waals surface area contributed by atoms with Crippen LogP contribution in [0.2, 0.25) is 0 Å². The Bertz CT molecular complexity index is 723. The summed E-state index contributed by atoms with van der Waals surface area (Å²) >= 11 is 0. The first-order chi connectivity index (χ1) is 12.2. The Hall–Kier alpha value is -2.48. The Morgan fingerprint density at radius 2 is 1.08 bits per heavy atom. The minimum absolute atomic E-state index is 0.608. The van der Waals surface area contributed by atoms with E-state index in [2.05, 4.69) is 0 Å². The van der Waals surface area contributed by atoms with E-state index in [1.54, 1.807) is 0 Å². The third kappa shape index (κ3) is 3.09. The fourth-order valence-electron chi connectivity index (χ4n) is 3.37. The summed E-state index contributed by atoms with van der Waals surface area (Å²) in [6, 6.07) is 29.3. The van der Waals surface area contributed by atoms with Crippen LogP contribution in [0.1, 0.15) is 0 Å². The van der Waals surface area contributed by atoms with Crippen molar-refractivity contribution in [1.82, 2.24) is 0 Å². The van der Waals surface area contributed by atoms with Crippen LogP contribution >= 0.6 is 7.26 Å². The molecule has 0 aliphatic heterocycles. The van der Waals surface area contributed by atoms with Crippen LogP contribution in [0.3, 0.4) is 0 Å². The van der Waals surface area contributed by atoms with Crippen LogP contribution < -0.4 is 15.9 Å². The molecule has 0 radical (unpaired) electrons. The standard InChI is InChI=1S/C21H21O3P/c1-24-20(22)21(23)25(17-11-5-2-6-12-17,18-13-7-3-8-14-18)19-15-9-4-10-16-19/h2-16,21,23,25H,1H3/t21-/m0/s1. The molecular formula is C21H21O3P. The van der Waals surface area contributed by atoms with Gasteiger partial charge in [0.05, 0.1) is 0 Å². The number of aliphatic hydroxyl groups is 1. The first-order valence-electron chi connectivity index (χ1n) is 8.13. The summed E-state index contributed by atoms with van der Waals surface area (Å²) in [7, 11) is -1.72. The summed E-state index contributed by atoms with van der Waals surface area (Å²) < 4.78 is 4.93. The first-order valence-corrected chi connectivity index (χ1v) is 10.2. The zero-order chi connectivity index (χ0) is 17.7. The molecule has 0 aliphatic rings. The molecule has 3 aromatic carbocycles. The zero-order valence-corrected chi connectivity index (χ0v) is 15.0. The molecule has 0 unspecified atom stereocenters. The first kappa shape index (κ1) is 17.3. The maximum absolute atomic E-state index is 12.4. The van der Waals surface area contributed by atoms with Gasteiger partial charge in [0.1, 0.15) is 0 Å². The van der Waals surface area contributed by atoms with Gasteiger partial charge in [-0.1, -0.05) is 0 Å². The topological polar surface area (TPSA) is 46.5 Å². The molecule has 0 heterocycles. The quantitative estimate of drug-likeness (QED) is 0.566. The Kier molecular flexibility index (Phi) is 5.28. The Morgan fingerprint density at radius 1 is 0.760 bits per heavy atom. The van der Waals surface area contributed by atoms with E-state index in [1.165, 1.54) is 7.11 Å². The van der Waals surface area contributed by atoms with Gasteiger partial charge in [-0.15, -0.1) is 0 Å². The molecule has 0 aromatic heterocycles. The van der Waals surface area contributed by atoms with Crippen molar-refractivity contribution in [3.05, 3.63) is 91.0 Å². The molecule has 0 fully saturated rings. The second-order valence-corrected chi connectivity index (χ2v) is 9.73. The van der Waals surface area contributed by atoms with Crippen LogP contribution in [0.25, 0.3) is 0 Å². The molecule has 0 aliphatic carbocycles. The normalized spacial score (nSPS) is 13.0. The summed E-state index contributed by atoms with van der Waals surface area (Å²) in [6.45, 7) is 0. The number of ether oxygens (including phenoxy) is 1. The number of hydrogen-bond donors (Lipinski definition) is 1. The monoisotopic (exact) mass is 352 g/mol. The van der Waals surface area contributed by atoms with E-state index >= 15 is 0 Å². The van der Waals surface area contributed by atoms with Gasteiger partial charge in [-0.05, 0) is 0 Å². The summed E-state index contributed by atoms with van der Waals surface area (Å²) in [4.78, 5) is 12.4. The molecule has 3 aromatic rings. The zero-order valence-electron chi connectivity index (χ0n) is 14.0. The fourth-order valence-corrected chi connectivity index (χ4v) is 7.94. The van der Waals surface area contributed by atoms with Gasteiger partial charge in [-0.2, -0.15) is 0 Å². The average molecular weight is 352 g/mol. The van der Waals surface area contributed by atoms with Crippen molar-refractivity contribution >= 4 is 29.1 Å². The van der Waals surface area contributed by atoms with E-state index in [0.717, 1.165) is 15.9 Å². The molecule has 3 rings (SSSR count). The summed E-state index contributed by atoms with van der Waals surface area (Å²) in [6.07, 6.45) is 0. The number of carbonyl (C=O) groups is 1. The number of methoxy groups -OCH3 is 1. The summed E-state index contributed by atoms with van der Waals surface area (Å²) in [5.74, 6) is -1.85. The fraction of sp³-hybridized carbons (Fsp3) is 0.0952. The van der Waals surface area contributed by atoms with E-state index in [4.69, 9.17) is 4.74 Å². The SMILES string of the molecule is COC(=O)[C@@H](O)[PH](c1ccccc1)(c1ccccc1)c1ccccc1. The molecule has 1 atom stereocenters. The van der Waals surface area contributed by atoms with Gasteiger partial charge in [-0.25, -0.2) is 0 Å². The number of benzene rings is 3. The van der Waals surface area contributed by atoms with Crippen molar-refractivity contribution in [3.8, 4) is 0 Å². The van der Waals surface area contributed by atoms with Crippen molar-refractivity contribution in [2.75, 3.05) is 7.11 Å². The third-order valence-corrected chi connectivity index (χ3v) is 9.31. The van der Waals surface area contributed by atoms with Gasteiger partial charge in [0.2, 0.25) is 0 Å². The third-order valence-electron chi connectivity index (χ3n) is 4.52. The second-order valence-electron chi connectivity index (χ2n) is 5.83. The average Bonchev–Trinajstić information content (AvgIpc) is 2.70. The van der Waals surface area contributed by atoms with Gasteiger partial charge >= 0.3 is 148 Å². The Morgan fingerprint density at radius 3 is 1.36 bits per heavy atom. The molecule has 0 bridgehead atoms. The molecule has 0 spiro atoms. The van der Waals surface area contributed by atoms with Crippen LogP contribution in [-0.4, -0.2) is 24.0 Å². The Balaban J connectivity index is 2.38. The molecule has 4 heteroatoms. The van der Waals surface area contributed by atoms with Crippen LogP contribution in [-0.2, 0) is 9.53 Å². The van der Waals surface area contributed by atoms with Crippen molar-refractivity contribution in [3.63, 3.8) is 0 Å². The number of esters is 1. The predicted molar refractivity (Wildman–Crippen MR) is 105 cm³/mol. The molecule has 1 N–H and O–H groups in total. The van der Waals surface area contributed by atoms with Crippen molar-refractivity contribution < 1.29 is 14.6 Å². The summed E-state index contributed by atoms with van der Waals surface area (Å²) in [5.41, 5.74) is 0. The molecule has 128 valence electrons. The van der Waals surface area contributed by atoms with Crippen LogP contribution in [0.5, 0.6) is 0 Å². The molecule has 0 saturated carbocycles. The van der Waals surface area contributed by atoms with E-state index in [0.29, 0.717) is 0 Å². The molecular weight excluding hydrogens is 331 g/mol. The Labute approximate surface area is 148 Å². The molecule has 3 nitrogen and oxygen atoms in total. The molecule has 0 saturated heterocycles. The number of aliphatic hydroxyl groups excluding tert-OH is 1. The van der Waals surface area contributed by atoms with E-state index in [1.807, 2.05) is 91.0 Å². The second kappa shape index (κ2) is 7.60. The van der Waals surface area contributed by atoms with Crippen molar-refractivity contribution in [2.24, 2.45) is 0 Å². The van der Waals surface area contributed by atoms with Gasteiger partial charge in [0.15, 0.2) is 0 Å².